The van der Waals surface area contributed by atoms with Crippen LogP contribution in [0.15, 0.2) is 24.3 Å². The van der Waals surface area contributed by atoms with E-state index in [1.54, 1.807) is 0 Å². The van der Waals surface area contributed by atoms with Gasteiger partial charge in [-0.2, -0.15) is 0 Å². The van der Waals surface area contributed by atoms with Crippen molar-refractivity contribution in [2.45, 2.75) is 57.7 Å². The first-order valence-electron chi connectivity index (χ1n) is 7.29. The second-order valence-electron chi connectivity index (χ2n) is 6.11. The Kier molecular flexibility index (Phi) is 4.48. The van der Waals surface area contributed by atoms with Gasteiger partial charge in [0.15, 0.2) is 0 Å². The Labute approximate surface area is 116 Å². The second-order valence-corrected chi connectivity index (χ2v) is 6.11. The van der Waals surface area contributed by atoms with Gasteiger partial charge in [-0.1, -0.05) is 32.0 Å². The molecule has 0 saturated carbocycles. The molecule has 3 nitrogen and oxygen atoms in total. The zero-order valence-electron chi connectivity index (χ0n) is 12.2. The zero-order valence-corrected chi connectivity index (χ0v) is 12.2. The molecule has 1 aliphatic heterocycles. The lowest BCUT2D eigenvalue weighted by molar-refractivity contribution is 0.0274. The Morgan fingerprint density at radius 3 is 2.89 bits per heavy atom. The van der Waals surface area contributed by atoms with Crippen molar-refractivity contribution in [1.29, 1.82) is 0 Å². The predicted octanol–water partition coefficient (Wildman–Crippen LogP) is 2.55. The minimum absolute atomic E-state index is 0.136. The molecule has 3 N–H and O–H groups in total. The normalized spacial score (nSPS) is 21.6. The van der Waals surface area contributed by atoms with E-state index in [1.807, 2.05) is 13.0 Å². The van der Waals surface area contributed by atoms with E-state index in [1.165, 1.54) is 11.3 Å². The lowest BCUT2D eigenvalue weighted by atomic mass is 9.85. The molecule has 2 rings (SSSR count). The number of anilines is 1. The SMILES string of the molecule is CC(C)NCCC(C)(O)C1CCc2ccccc2N1. The maximum atomic E-state index is 10.7. The van der Waals surface area contributed by atoms with E-state index in [-0.39, 0.29) is 6.04 Å². The molecule has 0 amide bonds. The van der Waals surface area contributed by atoms with Crippen molar-refractivity contribution in [3.63, 3.8) is 0 Å². The first-order chi connectivity index (χ1) is 8.99. The molecule has 19 heavy (non-hydrogen) atoms. The van der Waals surface area contributed by atoms with Crippen LogP contribution in [0.25, 0.3) is 0 Å². The Morgan fingerprint density at radius 2 is 2.16 bits per heavy atom. The molecule has 1 aromatic rings. The highest BCUT2D eigenvalue weighted by molar-refractivity contribution is 5.54. The van der Waals surface area contributed by atoms with Crippen LogP contribution in [0, 0.1) is 0 Å². The van der Waals surface area contributed by atoms with Crippen LogP contribution >= 0.6 is 0 Å². The number of hydrogen-bond donors (Lipinski definition) is 3. The van der Waals surface area contributed by atoms with Crippen molar-refractivity contribution in [1.82, 2.24) is 5.32 Å². The molecule has 0 saturated heterocycles. The highest BCUT2D eigenvalue weighted by Crippen LogP contribution is 2.30. The number of rotatable bonds is 5. The average Bonchev–Trinajstić information content (AvgIpc) is 2.37. The van der Waals surface area contributed by atoms with Gasteiger partial charge in [0.05, 0.1) is 11.6 Å². The minimum atomic E-state index is -0.671. The fourth-order valence-corrected chi connectivity index (χ4v) is 2.69. The van der Waals surface area contributed by atoms with Crippen molar-refractivity contribution in [2.75, 3.05) is 11.9 Å². The molecule has 1 aliphatic rings. The van der Waals surface area contributed by atoms with Gasteiger partial charge in [-0.25, -0.2) is 0 Å². The maximum absolute atomic E-state index is 10.7. The van der Waals surface area contributed by atoms with Crippen LogP contribution in [-0.2, 0) is 6.42 Å². The summed E-state index contributed by atoms with van der Waals surface area (Å²) in [6, 6.07) is 8.99. The van der Waals surface area contributed by atoms with Gasteiger partial charge in [-0.05, 0) is 44.4 Å². The molecule has 0 radical (unpaired) electrons. The lowest BCUT2D eigenvalue weighted by Crippen LogP contribution is -2.48. The first-order valence-corrected chi connectivity index (χ1v) is 7.29. The summed E-state index contributed by atoms with van der Waals surface area (Å²) in [4.78, 5) is 0. The van der Waals surface area contributed by atoms with Crippen molar-refractivity contribution in [2.24, 2.45) is 0 Å². The van der Waals surface area contributed by atoms with Gasteiger partial charge in [-0.3, -0.25) is 0 Å². The van der Waals surface area contributed by atoms with E-state index in [0.29, 0.717) is 6.04 Å². The van der Waals surface area contributed by atoms with Gasteiger partial charge in [0.1, 0.15) is 0 Å². The van der Waals surface area contributed by atoms with Gasteiger partial charge in [0.25, 0.3) is 0 Å². The summed E-state index contributed by atoms with van der Waals surface area (Å²) in [6.07, 6.45) is 2.80. The molecule has 0 bridgehead atoms. The number of hydrogen-bond acceptors (Lipinski definition) is 3. The van der Waals surface area contributed by atoms with Gasteiger partial charge in [0.2, 0.25) is 0 Å². The molecule has 106 valence electrons. The summed E-state index contributed by atoms with van der Waals surface area (Å²) in [7, 11) is 0. The lowest BCUT2D eigenvalue weighted by Gasteiger charge is -2.38. The van der Waals surface area contributed by atoms with Crippen LogP contribution in [0.4, 0.5) is 5.69 Å². The first kappa shape index (κ1) is 14.4. The van der Waals surface area contributed by atoms with Crippen LogP contribution in [0.3, 0.4) is 0 Å². The molecule has 2 atom stereocenters. The highest BCUT2D eigenvalue weighted by atomic mass is 16.3. The van der Waals surface area contributed by atoms with E-state index in [9.17, 15) is 5.11 Å². The molecule has 0 aliphatic carbocycles. The Balaban J connectivity index is 1.95. The predicted molar refractivity (Wildman–Crippen MR) is 80.6 cm³/mol. The standard InChI is InChI=1S/C16H26N2O/c1-12(2)17-11-10-16(3,19)15-9-8-13-6-4-5-7-14(13)18-15/h4-7,12,15,17-19H,8-11H2,1-3H3. The minimum Gasteiger partial charge on any atom is -0.388 e. The summed E-state index contributed by atoms with van der Waals surface area (Å²) >= 11 is 0. The van der Waals surface area contributed by atoms with E-state index in [4.69, 9.17) is 0 Å². The van der Waals surface area contributed by atoms with E-state index < -0.39 is 5.60 Å². The molecule has 1 aromatic carbocycles. The number of benzene rings is 1. The van der Waals surface area contributed by atoms with Crippen molar-refractivity contribution < 1.29 is 5.11 Å². The summed E-state index contributed by atoms with van der Waals surface area (Å²) in [5.74, 6) is 0. The third kappa shape index (κ3) is 3.71. The number of fused-ring (bicyclic) bond motifs is 1. The second kappa shape index (κ2) is 5.93. The Hall–Kier alpha value is -1.06. The van der Waals surface area contributed by atoms with E-state index >= 15 is 0 Å². The zero-order chi connectivity index (χ0) is 13.9. The maximum Gasteiger partial charge on any atom is 0.0831 e. The molecule has 2 unspecified atom stereocenters. The van der Waals surface area contributed by atoms with Crippen molar-refractivity contribution in [3.05, 3.63) is 29.8 Å². The largest absolute Gasteiger partial charge is 0.388 e. The smallest absolute Gasteiger partial charge is 0.0831 e. The van der Waals surface area contributed by atoms with Gasteiger partial charge < -0.3 is 15.7 Å². The topological polar surface area (TPSA) is 44.3 Å². The van der Waals surface area contributed by atoms with Crippen LogP contribution in [0.2, 0.25) is 0 Å². The highest BCUT2D eigenvalue weighted by Gasteiger charge is 2.33. The third-order valence-electron chi connectivity index (χ3n) is 3.98. The number of nitrogens with one attached hydrogen (secondary N) is 2. The van der Waals surface area contributed by atoms with Crippen molar-refractivity contribution >= 4 is 5.69 Å². The number of para-hydroxylation sites is 1. The molecular formula is C16H26N2O. The molecule has 0 fully saturated rings. The molecule has 1 heterocycles. The molecule has 0 aromatic heterocycles. The van der Waals surface area contributed by atoms with Gasteiger partial charge in [0, 0.05) is 11.7 Å². The molecule has 0 spiro atoms. The fourth-order valence-electron chi connectivity index (χ4n) is 2.69. The van der Waals surface area contributed by atoms with E-state index in [2.05, 4.69) is 42.7 Å². The average molecular weight is 262 g/mol. The van der Waals surface area contributed by atoms with Crippen LogP contribution in [-0.4, -0.2) is 29.3 Å². The number of aliphatic hydroxyl groups is 1. The van der Waals surface area contributed by atoms with Crippen molar-refractivity contribution in [3.8, 4) is 0 Å². The van der Waals surface area contributed by atoms with Gasteiger partial charge in [-0.15, -0.1) is 0 Å². The number of aryl methyl sites for hydroxylation is 1. The summed E-state index contributed by atoms with van der Waals surface area (Å²) in [5, 5.41) is 17.5. The van der Waals surface area contributed by atoms with E-state index in [0.717, 1.165) is 25.8 Å². The van der Waals surface area contributed by atoms with Crippen LogP contribution in [0.1, 0.15) is 39.2 Å². The monoisotopic (exact) mass is 262 g/mol. The van der Waals surface area contributed by atoms with Gasteiger partial charge >= 0.3 is 0 Å². The van der Waals surface area contributed by atoms with Crippen LogP contribution in [0.5, 0.6) is 0 Å². The Morgan fingerprint density at radius 1 is 1.42 bits per heavy atom. The quantitative estimate of drug-likeness (QED) is 0.764. The van der Waals surface area contributed by atoms with Crippen LogP contribution < -0.4 is 10.6 Å². The molecular weight excluding hydrogens is 236 g/mol. The third-order valence-corrected chi connectivity index (χ3v) is 3.98. The summed E-state index contributed by atoms with van der Waals surface area (Å²) in [6.45, 7) is 7.05. The molecule has 3 heteroatoms. The summed E-state index contributed by atoms with van der Waals surface area (Å²) < 4.78 is 0. The Bertz CT molecular complexity index is 415. The fraction of sp³-hybridized carbons (Fsp3) is 0.625. The summed E-state index contributed by atoms with van der Waals surface area (Å²) in [5.41, 5.74) is 1.86.